The second-order valence-corrected chi connectivity index (χ2v) is 3.75. The fourth-order valence-corrected chi connectivity index (χ4v) is 1.83. The van der Waals surface area contributed by atoms with Crippen LogP contribution in [0.15, 0.2) is 23.8 Å². The van der Waals surface area contributed by atoms with Gasteiger partial charge in [-0.3, -0.25) is 4.79 Å². The van der Waals surface area contributed by atoms with Crippen molar-refractivity contribution in [2.75, 3.05) is 0 Å². The van der Waals surface area contributed by atoms with Crippen molar-refractivity contribution >= 4 is 12.0 Å². The van der Waals surface area contributed by atoms with Crippen LogP contribution in [0.4, 0.5) is 0 Å². The van der Waals surface area contributed by atoms with Crippen LogP contribution in [0.3, 0.4) is 0 Å². The summed E-state index contributed by atoms with van der Waals surface area (Å²) < 4.78 is 0. The molecule has 72 valence electrons. The molecule has 2 heteroatoms. The van der Waals surface area contributed by atoms with E-state index >= 15 is 0 Å². The molecule has 0 aromatic heterocycles. The Morgan fingerprint density at radius 3 is 3.00 bits per heavy atom. The summed E-state index contributed by atoms with van der Waals surface area (Å²) in [5, 5.41) is 8.67. The van der Waals surface area contributed by atoms with Gasteiger partial charge in [-0.15, -0.1) is 0 Å². The summed E-state index contributed by atoms with van der Waals surface area (Å²) in [4.78, 5) is 10.5. The lowest BCUT2D eigenvalue weighted by atomic mass is 10.1. The van der Waals surface area contributed by atoms with Crippen LogP contribution in [0.5, 0.6) is 0 Å². The SMILES string of the molecule is Cc1ccc2c(c1)C=C(CC(=O)O)C2. The molecule has 0 atom stereocenters. The van der Waals surface area contributed by atoms with Crippen LogP contribution in [0.1, 0.15) is 23.1 Å². The molecular formula is C12H12O2. The molecule has 0 bridgehead atoms. The van der Waals surface area contributed by atoms with Crippen LogP contribution < -0.4 is 0 Å². The monoisotopic (exact) mass is 188 g/mol. The van der Waals surface area contributed by atoms with Crippen LogP contribution in [0.2, 0.25) is 0 Å². The molecule has 0 saturated carbocycles. The van der Waals surface area contributed by atoms with E-state index in [0.717, 1.165) is 12.0 Å². The van der Waals surface area contributed by atoms with Crippen molar-refractivity contribution in [2.24, 2.45) is 0 Å². The Balaban J connectivity index is 2.25. The van der Waals surface area contributed by atoms with Gasteiger partial charge in [0.05, 0.1) is 6.42 Å². The number of carboxylic acid groups (broad SMARTS) is 1. The highest BCUT2D eigenvalue weighted by Crippen LogP contribution is 2.27. The minimum absolute atomic E-state index is 0.160. The van der Waals surface area contributed by atoms with Crippen LogP contribution in [-0.2, 0) is 11.2 Å². The highest BCUT2D eigenvalue weighted by atomic mass is 16.4. The Morgan fingerprint density at radius 1 is 1.50 bits per heavy atom. The van der Waals surface area contributed by atoms with Crippen LogP contribution in [0.25, 0.3) is 6.08 Å². The molecule has 0 unspecified atom stereocenters. The lowest BCUT2D eigenvalue weighted by Crippen LogP contribution is -1.96. The predicted octanol–water partition coefficient (Wildman–Crippen LogP) is 2.41. The van der Waals surface area contributed by atoms with Gasteiger partial charge in [0, 0.05) is 0 Å². The maximum Gasteiger partial charge on any atom is 0.307 e. The van der Waals surface area contributed by atoms with Gasteiger partial charge in [0.1, 0.15) is 0 Å². The van der Waals surface area contributed by atoms with E-state index in [0.29, 0.717) is 0 Å². The molecule has 14 heavy (non-hydrogen) atoms. The van der Waals surface area contributed by atoms with Gasteiger partial charge in [-0.2, -0.15) is 0 Å². The predicted molar refractivity (Wildman–Crippen MR) is 55.1 cm³/mol. The van der Waals surface area contributed by atoms with Gasteiger partial charge in [0.2, 0.25) is 0 Å². The van der Waals surface area contributed by atoms with Crippen molar-refractivity contribution in [3.8, 4) is 0 Å². The molecular weight excluding hydrogens is 176 g/mol. The number of hydrogen-bond acceptors (Lipinski definition) is 1. The Kier molecular flexibility index (Phi) is 2.12. The minimum Gasteiger partial charge on any atom is -0.481 e. The summed E-state index contributed by atoms with van der Waals surface area (Å²) in [6.07, 6.45) is 2.95. The molecule has 1 N–H and O–H groups in total. The van der Waals surface area contributed by atoms with Gasteiger partial charge in [-0.05, 0) is 24.5 Å². The van der Waals surface area contributed by atoms with Gasteiger partial charge in [0.25, 0.3) is 0 Å². The number of aliphatic carboxylic acids is 1. The van der Waals surface area contributed by atoms with Gasteiger partial charge >= 0.3 is 5.97 Å². The number of benzene rings is 1. The molecule has 1 aromatic rings. The molecule has 1 aromatic carbocycles. The van der Waals surface area contributed by atoms with Crippen LogP contribution in [-0.4, -0.2) is 11.1 Å². The van der Waals surface area contributed by atoms with Crippen molar-refractivity contribution in [3.63, 3.8) is 0 Å². The molecule has 0 heterocycles. The van der Waals surface area contributed by atoms with E-state index in [9.17, 15) is 4.79 Å². The molecule has 0 fully saturated rings. The van der Waals surface area contributed by atoms with E-state index < -0.39 is 5.97 Å². The summed E-state index contributed by atoms with van der Waals surface area (Å²) in [6, 6.07) is 6.25. The number of aryl methyl sites for hydroxylation is 1. The zero-order valence-electron chi connectivity index (χ0n) is 8.08. The second-order valence-electron chi connectivity index (χ2n) is 3.75. The Hall–Kier alpha value is -1.57. The molecule has 0 aliphatic heterocycles. The summed E-state index contributed by atoms with van der Waals surface area (Å²) in [6.45, 7) is 2.04. The van der Waals surface area contributed by atoms with E-state index in [4.69, 9.17) is 5.11 Å². The first-order valence-corrected chi connectivity index (χ1v) is 4.66. The summed E-state index contributed by atoms with van der Waals surface area (Å²) >= 11 is 0. The molecule has 1 aliphatic rings. The number of hydrogen-bond donors (Lipinski definition) is 1. The van der Waals surface area contributed by atoms with Crippen molar-refractivity contribution < 1.29 is 9.90 Å². The largest absolute Gasteiger partial charge is 0.481 e. The third-order valence-corrected chi connectivity index (χ3v) is 2.46. The van der Waals surface area contributed by atoms with Gasteiger partial charge in [0.15, 0.2) is 0 Å². The van der Waals surface area contributed by atoms with Gasteiger partial charge < -0.3 is 5.11 Å². The zero-order chi connectivity index (χ0) is 10.1. The number of rotatable bonds is 2. The first-order valence-electron chi connectivity index (χ1n) is 4.66. The summed E-state index contributed by atoms with van der Waals surface area (Å²) in [7, 11) is 0. The van der Waals surface area contributed by atoms with E-state index in [-0.39, 0.29) is 6.42 Å². The number of carbonyl (C=O) groups is 1. The van der Waals surface area contributed by atoms with E-state index in [1.807, 2.05) is 13.0 Å². The Labute approximate surface area is 82.9 Å². The average molecular weight is 188 g/mol. The topological polar surface area (TPSA) is 37.3 Å². The second kappa shape index (κ2) is 3.29. The summed E-state index contributed by atoms with van der Waals surface area (Å²) in [5.41, 5.74) is 4.64. The smallest absolute Gasteiger partial charge is 0.307 e. The quantitative estimate of drug-likeness (QED) is 0.773. The highest BCUT2D eigenvalue weighted by Gasteiger charge is 2.14. The Morgan fingerprint density at radius 2 is 2.29 bits per heavy atom. The fourth-order valence-electron chi connectivity index (χ4n) is 1.83. The van der Waals surface area contributed by atoms with E-state index in [1.54, 1.807) is 0 Å². The first-order chi connectivity index (χ1) is 6.65. The van der Waals surface area contributed by atoms with Crippen molar-refractivity contribution in [1.29, 1.82) is 0 Å². The fraction of sp³-hybridized carbons (Fsp3) is 0.250. The van der Waals surface area contributed by atoms with Gasteiger partial charge in [-0.25, -0.2) is 0 Å². The average Bonchev–Trinajstić information content (AvgIpc) is 2.44. The van der Waals surface area contributed by atoms with Crippen molar-refractivity contribution in [1.82, 2.24) is 0 Å². The third-order valence-electron chi connectivity index (χ3n) is 2.46. The molecule has 0 saturated heterocycles. The zero-order valence-corrected chi connectivity index (χ0v) is 8.08. The lowest BCUT2D eigenvalue weighted by Gasteiger charge is -1.99. The van der Waals surface area contributed by atoms with Gasteiger partial charge in [-0.1, -0.05) is 35.4 Å². The van der Waals surface area contributed by atoms with E-state index in [1.165, 1.54) is 16.7 Å². The van der Waals surface area contributed by atoms with Crippen molar-refractivity contribution in [2.45, 2.75) is 19.8 Å². The van der Waals surface area contributed by atoms with Crippen LogP contribution >= 0.6 is 0 Å². The normalized spacial score (nSPS) is 13.6. The molecule has 2 rings (SSSR count). The van der Waals surface area contributed by atoms with Crippen molar-refractivity contribution in [3.05, 3.63) is 40.5 Å². The standard InChI is InChI=1S/C12H12O2/c1-8-2-3-10-5-9(7-12(13)14)6-11(10)4-8/h2-4,6H,5,7H2,1H3,(H,13,14). The maximum atomic E-state index is 10.5. The molecule has 0 radical (unpaired) electrons. The molecule has 0 amide bonds. The number of carboxylic acids is 1. The first kappa shape index (κ1) is 9.00. The lowest BCUT2D eigenvalue weighted by molar-refractivity contribution is -0.136. The maximum absolute atomic E-state index is 10.5. The molecule has 2 nitrogen and oxygen atoms in total. The number of fused-ring (bicyclic) bond motifs is 1. The Bertz CT molecular complexity index is 416. The van der Waals surface area contributed by atoms with Crippen LogP contribution in [0, 0.1) is 6.92 Å². The third kappa shape index (κ3) is 1.69. The molecule has 1 aliphatic carbocycles. The summed E-state index contributed by atoms with van der Waals surface area (Å²) in [5.74, 6) is -0.749. The van der Waals surface area contributed by atoms with E-state index in [2.05, 4.69) is 18.2 Å². The molecule has 0 spiro atoms. The highest BCUT2D eigenvalue weighted by molar-refractivity contribution is 5.75. The minimum atomic E-state index is -0.749.